The number of carbonyl (C=O) groups excluding carboxylic acids is 1. The average Bonchev–Trinajstić information content (AvgIpc) is 2.93. The van der Waals surface area contributed by atoms with Crippen molar-refractivity contribution in [1.82, 2.24) is 5.32 Å². The van der Waals surface area contributed by atoms with Gasteiger partial charge in [-0.1, -0.05) is 6.42 Å². The van der Waals surface area contributed by atoms with Gasteiger partial charge >= 0.3 is 5.69 Å². The van der Waals surface area contributed by atoms with Crippen LogP contribution in [0, 0.1) is 16.0 Å². The molecule has 7 heteroatoms. The van der Waals surface area contributed by atoms with Gasteiger partial charge in [-0.3, -0.25) is 14.9 Å². The molecule has 2 unspecified atom stereocenters. The number of methoxy groups -OCH3 is 1. The van der Waals surface area contributed by atoms with Crippen LogP contribution in [0.2, 0.25) is 0 Å². The summed E-state index contributed by atoms with van der Waals surface area (Å²) < 4.78 is 4.90. The molecule has 0 bridgehead atoms. The number of aliphatic hydroxyl groups is 1. The number of nitro groups is 1. The third-order valence-electron chi connectivity index (χ3n) is 3.85. The molecule has 7 nitrogen and oxygen atoms in total. The Morgan fingerprint density at radius 2 is 2.29 bits per heavy atom. The van der Waals surface area contributed by atoms with Crippen LogP contribution in [0.1, 0.15) is 29.6 Å². The lowest BCUT2D eigenvalue weighted by molar-refractivity contribution is -0.385. The van der Waals surface area contributed by atoms with Gasteiger partial charge in [0.1, 0.15) is 0 Å². The van der Waals surface area contributed by atoms with Gasteiger partial charge in [0.15, 0.2) is 5.75 Å². The summed E-state index contributed by atoms with van der Waals surface area (Å²) in [5.74, 6) is -0.195. The molecule has 2 N–H and O–H groups in total. The van der Waals surface area contributed by atoms with Gasteiger partial charge in [0, 0.05) is 30.2 Å². The molecule has 0 aliphatic heterocycles. The van der Waals surface area contributed by atoms with E-state index >= 15 is 0 Å². The van der Waals surface area contributed by atoms with E-state index in [1.807, 2.05) is 0 Å². The van der Waals surface area contributed by atoms with Crippen molar-refractivity contribution >= 4 is 11.6 Å². The van der Waals surface area contributed by atoms with Crippen molar-refractivity contribution < 1.29 is 19.6 Å². The second-order valence-electron chi connectivity index (χ2n) is 5.10. The van der Waals surface area contributed by atoms with Gasteiger partial charge < -0.3 is 15.2 Å². The van der Waals surface area contributed by atoms with E-state index < -0.39 is 4.92 Å². The number of carbonyl (C=O) groups is 1. The van der Waals surface area contributed by atoms with E-state index in [9.17, 15) is 20.0 Å². The second-order valence-corrected chi connectivity index (χ2v) is 5.10. The summed E-state index contributed by atoms with van der Waals surface area (Å²) in [6.07, 6.45) is 2.65. The highest BCUT2D eigenvalue weighted by Gasteiger charge is 2.28. The Hall–Kier alpha value is -2.15. The molecule has 0 radical (unpaired) electrons. The highest BCUT2D eigenvalue weighted by Crippen LogP contribution is 2.28. The molecule has 2 atom stereocenters. The first-order valence-corrected chi connectivity index (χ1v) is 6.81. The topological polar surface area (TPSA) is 102 Å². The number of nitro benzene ring substituents is 1. The lowest BCUT2D eigenvalue weighted by Gasteiger charge is -2.19. The van der Waals surface area contributed by atoms with Crippen LogP contribution in [-0.4, -0.2) is 35.7 Å². The molecule has 1 fully saturated rings. The van der Waals surface area contributed by atoms with Gasteiger partial charge in [-0.2, -0.15) is 0 Å². The number of hydrogen-bond donors (Lipinski definition) is 2. The Kier molecular flexibility index (Phi) is 4.74. The van der Waals surface area contributed by atoms with Crippen molar-refractivity contribution in [2.75, 3.05) is 13.7 Å². The summed E-state index contributed by atoms with van der Waals surface area (Å²) in [5.41, 5.74) is -0.0265. The summed E-state index contributed by atoms with van der Waals surface area (Å²) >= 11 is 0. The van der Waals surface area contributed by atoms with Crippen LogP contribution < -0.4 is 10.1 Å². The number of aliphatic hydroxyl groups excluding tert-OH is 1. The van der Waals surface area contributed by atoms with Crippen molar-refractivity contribution in [1.29, 1.82) is 0 Å². The fraction of sp³-hybridized carbons (Fsp3) is 0.500. The fourth-order valence-corrected chi connectivity index (χ4v) is 2.67. The largest absolute Gasteiger partial charge is 0.490 e. The Labute approximate surface area is 122 Å². The van der Waals surface area contributed by atoms with E-state index in [0.29, 0.717) is 0 Å². The van der Waals surface area contributed by atoms with Crippen molar-refractivity contribution in [2.24, 2.45) is 5.92 Å². The molecule has 0 saturated heterocycles. The van der Waals surface area contributed by atoms with Crippen LogP contribution in [0.4, 0.5) is 5.69 Å². The van der Waals surface area contributed by atoms with E-state index in [1.54, 1.807) is 0 Å². The zero-order valence-corrected chi connectivity index (χ0v) is 11.7. The van der Waals surface area contributed by atoms with Crippen LogP contribution in [0.5, 0.6) is 5.75 Å². The second kappa shape index (κ2) is 6.53. The molecule has 1 aromatic rings. The molecule has 114 valence electrons. The number of ether oxygens (including phenoxy) is 1. The third-order valence-corrected chi connectivity index (χ3v) is 3.85. The van der Waals surface area contributed by atoms with Gasteiger partial charge in [-0.05, 0) is 25.0 Å². The molecule has 0 aromatic heterocycles. The first-order valence-electron chi connectivity index (χ1n) is 6.81. The van der Waals surface area contributed by atoms with Gasteiger partial charge in [0.2, 0.25) is 0 Å². The number of rotatable bonds is 5. The Morgan fingerprint density at radius 1 is 1.52 bits per heavy atom. The van der Waals surface area contributed by atoms with Crippen molar-refractivity contribution in [3.05, 3.63) is 33.9 Å². The minimum atomic E-state index is -0.582. The average molecular weight is 294 g/mol. The predicted molar refractivity (Wildman–Crippen MR) is 75.3 cm³/mol. The van der Waals surface area contributed by atoms with Crippen molar-refractivity contribution in [3.8, 4) is 5.75 Å². The quantitative estimate of drug-likeness (QED) is 0.633. The lowest BCUT2D eigenvalue weighted by atomic mass is 10.0. The van der Waals surface area contributed by atoms with E-state index in [2.05, 4.69) is 5.32 Å². The summed E-state index contributed by atoms with van der Waals surface area (Å²) in [4.78, 5) is 22.6. The van der Waals surface area contributed by atoms with Crippen LogP contribution in [0.3, 0.4) is 0 Å². The molecular weight excluding hydrogens is 276 g/mol. The first kappa shape index (κ1) is 15.2. The zero-order chi connectivity index (χ0) is 15.4. The number of nitrogens with zero attached hydrogens (tertiary/aromatic N) is 1. The lowest BCUT2D eigenvalue weighted by Crippen LogP contribution is -2.38. The highest BCUT2D eigenvalue weighted by molar-refractivity contribution is 5.95. The third kappa shape index (κ3) is 3.30. The molecular formula is C14H18N2O5. The maximum absolute atomic E-state index is 12.2. The van der Waals surface area contributed by atoms with Gasteiger partial charge in [0.05, 0.1) is 12.0 Å². The molecule has 1 aliphatic carbocycles. The predicted octanol–water partition coefficient (Wildman–Crippen LogP) is 1.49. The fourth-order valence-electron chi connectivity index (χ4n) is 2.67. The number of benzene rings is 1. The summed E-state index contributed by atoms with van der Waals surface area (Å²) in [5, 5.41) is 23.0. The zero-order valence-electron chi connectivity index (χ0n) is 11.7. The maximum Gasteiger partial charge on any atom is 0.311 e. The van der Waals surface area contributed by atoms with Crippen molar-refractivity contribution in [3.63, 3.8) is 0 Å². The molecule has 1 amide bonds. The van der Waals surface area contributed by atoms with Crippen LogP contribution in [0.25, 0.3) is 0 Å². The van der Waals surface area contributed by atoms with E-state index in [-0.39, 0.29) is 41.5 Å². The smallest absolute Gasteiger partial charge is 0.311 e. The molecule has 1 saturated carbocycles. The normalized spacial score (nSPS) is 21.0. The number of amides is 1. The summed E-state index contributed by atoms with van der Waals surface area (Å²) in [6.45, 7) is 0.0354. The Balaban J connectivity index is 2.16. The van der Waals surface area contributed by atoms with Crippen LogP contribution in [-0.2, 0) is 0 Å². The maximum atomic E-state index is 12.2. The van der Waals surface area contributed by atoms with E-state index in [1.165, 1.54) is 25.3 Å². The van der Waals surface area contributed by atoms with Gasteiger partial charge in [-0.15, -0.1) is 0 Å². The summed E-state index contributed by atoms with van der Waals surface area (Å²) in [7, 11) is 1.34. The molecule has 21 heavy (non-hydrogen) atoms. The Bertz CT molecular complexity index is 546. The Morgan fingerprint density at radius 3 is 2.90 bits per heavy atom. The molecule has 2 rings (SSSR count). The van der Waals surface area contributed by atoms with Gasteiger partial charge in [-0.25, -0.2) is 0 Å². The highest BCUT2D eigenvalue weighted by atomic mass is 16.6. The molecule has 1 aromatic carbocycles. The number of hydrogen-bond acceptors (Lipinski definition) is 5. The SMILES string of the molecule is COc1ccc(C(=O)NC2CCCC2CO)cc1[N+](=O)[O-]. The van der Waals surface area contributed by atoms with Crippen LogP contribution in [0.15, 0.2) is 18.2 Å². The van der Waals surface area contributed by atoms with Gasteiger partial charge in [0.25, 0.3) is 5.91 Å². The van der Waals surface area contributed by atoms with E-state index in [4.69, 9.17) is 4.74 Å². The molecule has 0 spiro atoms. The molecule has 1 aliphatic rings. The monoisotopic (exact) mass is 294 g/mol. The standard InChI is InChI=1S/C14H18N2O5/c1-21-13-6-5-9(7-12(13)16(19)20)14(18)15-11-4-2-3-10(11)8-17/h5-7,10-11,17H,2-4,8H2,1H3,(H,15,18). The summed E-state index contributed by atoms with van der Waals surface area (Å²) in [6, 6.07) is 4.02. The first-order chi connectivity index (χ1) is 10.1. The molecule has 0 heterocycles. The minimum absolute atomic E-state index is 0.0354. The van der Waals surface area contributed by atoms with Crippen molar-refractivity contribution in [2.45, 2.75) is 25.3 Å². The van der Waals surface area contributed by atoms with Crippen LogP contribution >= 0.6 is 0 Å². The minimum Gasteiger partial charge on any atom is -0.490 e. The number of nitrogens with one attached hydrogen (secondary N) is 1. The van der Waals surface area contributed by atoms with E-state index in [0.717, 1.165) is 19.3 Å².